The molecular weight excluding hydrogens is 278 g/mol. The predicted molar refractivity (Wildman–Crippen MR) is 76.0 cm³/mol. The Morgan fingerprint density at radius 2 is 2.15 bits per heavy atom. The summed E-state index contributed by atoms with van der Waals surface area (Å²) in [4.78, 5) is 28.6. The Morgan fingerprint density at radius 3 is 2.65 bits per heavy atom. The van der Waals surface area contributed by atoms with Crippen LogP contribution in [0.5, 0.6) is 0 Å². The Labute approximate surface area is 121 Å². The minimum atomic E-state index is -1.05. The second-order valence-corrected chi connectivity index (χ2v) is 6.13. The largest absolute Gasteiger partial charge is 0.476 e. The summed E-state index contributed by atoms with van der Waals surface area (Å²) in [5.74, 6) is -0.440. The maximum atomic E-state index is 12.1. The smallest absolute Gasteiger partial charge is 0.355 e. The molecule has 1 aromatic heterocycles. The molecule has 1 aliphatic carbocycles. The number of hydrogen-bond donors (Lipinski definition) is 2. The molecule has 6 nitrogen and oxygen atoms in total. The van der Waals surface area contributed by atoms with Crippen molar-refractivity contribution in [3.63, 3.8) is 0 Å². The molecule has 110 valence electrons. The molecule has 0 spiro atoms. The maximum absolute atomic E-state index is 12.1. The number of hydrogen-bond acceptors (Lipinski definition) is 4. The minimum Gasteiger partial charge on any atom is -0.476 e. The quantitative estimate of drug-likeness (QED) is 0.874. The lowest BCUT2D eigenvalue weighted by Crippen LogP contribution is -2.44. The zero-order chi connectivity index (χ0) is 14.9. The van der Waals surface area contributed by atoms with Gasteiger partial charge in [0.2, 0.25) is 0 Å². The van der Waals surface area contributed by atoms with Crippen molar-refractivity contribution in [3.8, 4) is 0 Å². The van der Waals surface area contributed by atoms with Gasteiger partial charge in [0.05, 0.1) is 6.04 Å². The molecule has 2 amide bonds. The van der Waals surface area contributed by atoms with E-state index in [1.165, 1.54) is 29.6 Å². The van der Waals surface area contributed by atoms with Crippen LogP contribution in [0, 0.1) is 5.92 Å². The SMILES string of the molecule is CC(NC(=O)N(C)C(C)C1CC1)c1nc(C(=O)O)cs1. The van der Waals surface area contributed by atoms with Crippen LogP contribution in [-0.2, 0) is 0 Å². The summed E-state index contributed by atoms with van der Waals surface area (Å²) in [6.45, 7) is 3.85. The fourth-order valence-corrected chi connectivity index (χ4v) is 2.81. The van der Waals surface area contributed by atoms with Gasteiger partial charge in [0.15, 0.2) is 5.69 Å². The van der Waals surface area contributed by atoms with E-state index in [4.69, 9.17) is 5.11 Å². The first-order valence-electron chi connectivity index (χ1n) is 6.62. The molecule has 20 heavy (non-hydrogen) atoms. The van der Waals surface area contributed by atoms with Crippen LogP contribution in [0.1, 0.15) is 48.2 Å². The van der Waals surface area contributed by atoms with Gasteiger partial charge < -0.3 is 15.3 Å². The number of amides is 2. The third-order valence-electron chi connectivity index (χ3n) is 3.69. The number of carbonyl (C=O) groups excluding carboxylic acids is 1. The number of urea groups is 1. The van der Waals surface area contributed by atoms with Crippen molar-refractivity contribution in [2.45, 2.75) is 38.8 Å². The number of nitrogens with one attached hydrogen (secondary N) is 1. The van der Waals surface area contributed by atoms with Gasteiger partial charge in [0.25, 0.3) is 0 Å². The van der Waals surface area contributed by atoms with Crippen molar-refractivity contribution in [1.29, 1.82) is 0 Å². The molecule has 0 saturated heterocycles. The molecule has 0 aromatic carbocycles. The van der Waals surface area contributed by atoms with Gasteiger partial charge in [-0.25, -0.2) is 14.6 Å². The molecule has 0 aliphatic heterocycles. The van der Waals surface area contributed by atoms with E-state index >= 15 is 0 Å². The first kappa shape index (κ1) is 14.8. The molecule has 7 heteroatoms. The summed E-state index contributed by atoms with van der Waals surface area (Å²) in [5.41, 5.74) is 0.0193. The van der Waals surface area contributed by atoms with Crippen LogP contribution >= 0.6 is 11.3 Å². The van der Waals surface area contributed by atoms with E-state index in [0.717, 1.165) is 0 Å². The topological polar surface area (TPSA) is 82.5 Å². The molecule has 2 rings (SSSR count). The van der Waals surface area contributed by atoms with Crippen molar-refractivity contribution >= 4 is 23.3 Å². The van der Waals surface area contributed by atoms with Crippen molar-refractivity contribution in [2.75, 3.05) is 7.05 Å². The fraction of sp³-hybridized carbons (Fsp3) is 0.615. The molecule has 2 unspecified atom stereocenters. The zero-order valence-electron chi connectivity index (χ0n) is 11.8. The van der Waals surface area contributed by atoms with Crippen molar-refractivity contribution < 1.29 is 14.7 Å². The first-order chi connectivity index (χ1) is 9.40. The van der Waals surface area contributed by atoms with Gasteiger partial charge in [0.1, 0.15) is 5.01 Å². The number of nitrogens with zero attached hydrogens (tertiary/aromatic N) is 2. The lowest BCUT2D eigenvalue weighted by atomic mass is 10.2. The number of aromatic carboxylic acids is 1. The number of rotatable bonds is 5. The van der Waals surface area contributed by atoms with Crippen LogP contribution in [0.4, 0.5) is 4.79 Å². The average molecular weight is 297 g/mol. The van der Waals surface area contributed by atoms with Crippen LogP contribution in [0.25, 0.3) is 0 Å². The number of carbonyl (C=O) groups is 2. The molecule has 1 heterocycles. The third kappa shape index (κ3) is 3.27. The molecular formula is C13H19N3O3S. The summed E-state index contributed by atoms with van der Waals surface area (Å²) in [5, 5.41) is 13.8. The molecule has 1 fully saturated rings. The average Bonchev–Trinajstić information content (AvgIpc) is 3.12. The van der Waals surface area contributed by atoms with E-state index in [9.17, 15) is 9.59 Å². The zero-order valence-corrected chi connectivity index (χ0v) is 12.6. The molecule has 2 N–H and O–H groups in total. The highest BCUT2D eigenvalue weighted by Crippen LogP contribution is 2.34. The number of thiazole rings is 1. The third-order valence-corrected chi connectivity index (χ3v) is 4.71. The molecule has 1 saturated carbocycles. The lowest BCUT2D eigenvalue weighted by molar-refractivity contribution is 0.0691. The van der Waals surface area contributed by atoms with Crippen LogP contribution in [0.2, 0.25) is 0 Å². The molecule has 1 aromatic rings. The van der Waals surface area contributed by atoms with Crippen LogP contribution in [-0.4, -0.2) is 40.1 Å². The minimum absolute atomic E-state index is 0.0193. The van der Waals surface area contributed by atoms with Crippen molar-refractivity contribution in [1.82, 2.24) is 15.2 Å². The Balaban J connectivity index is 1.93. The standard InChI is InChI=1S/C13H19N3O3S/c1-7(11-15-10(6-20-11)12(17)18)14-13(19)16(3)8(2)9-4-5-9/h6-9H,4-5H2,1-3H3,(H,14,19)(H,17,18). The molecule has 0 bridgehead atoms. The van der Waals surface area contributed by atoms with E-state index in [0.29, 0.717) is 10.9 Å². The van der Waals surface area contributed by atoms with E-state index in [-0.39, 0.29) is 23.8 Å². The van der Waals surface area contributed by atoms with E-state index in [2.05, 4.69) is 10.3 Å². The number of carboxylic acid groups (broad SMARTS) is 1. The number of aromatic nitrogens is 1. The van der Waals surface area contributed by atoms with E-state index in [1.807, 2.05) is 6.92 Å². The Hall–Kier alpha value is -1.63. The van der Waals surface area contributed by atoms with Gasteiger partial charge in [-0.15, -0.1) is 11.3 Å². The van der Waals surface area contributed by atoms with Crippen molar-refractivity contribution in [3.05, 3.63) is 16.1 Å². The molecule has 2 atom stereocenters. The second-order valence-electron chi connectivity index (χ2n) is 5.24. The lowest BCUT2D eigenvalue weighted by Gasteiger charge is -2.26. The van der Waals surface area contributed by atoms with Gasteiger partial charge in [-0.1, -0.05) is 0 Å². The Morgan fingerprint density at radius 1 is 1.50 bits per heavy atom. The maximum Gasteiger partial charge on any atom is 0.355 e. The van der Waals surface area contributed by atoms with Gasteiger partial charge in [0, 0.05) is 18.5 Å². The van der Waals surface area contributed by atoms with Crippen LogP contribution < -0.4 is 5.32 Å². The van der Waals surface area contributed by atoms with Crippen molar-refractivity contribution in [2.24, 2.45) is 5.92 Å². The monoisotopic (exact) mass is 297 g/mol. The number of carboxylic acids is 1. The summed E-state index contributed by atoms with van der Waals surface area (Å²) in [7, 11) is 1.79. The fourth-order valence-electron chi connectivity index (χ4n) is 2.01. The highest BCUT2D eigenvalue weighted by molar-refractivity contribution is 7.09. The highest BCUT2D eigenvalue weighted by atomic mass is 32.1. The second kappa shape index (κ2) is 5.78. The Kier molecular flexibility index (Phi) is 4.27. The van der Waals surface area contributed by atoms with E-state index in [1.54, 1.807) is 18.9 Å². The highest BCUT2D eigenvalue weighted by Gasteiger charge is 2.32. The summed E-state index contributed by atoms with van der Waals surface area (Å²) < 4.78 is 0. The summed E-state index contributed by atoms with van der Waals surface area (Å²) >= 11 is 1.24. The summed E-state index contributed by atoms with van der Waals surface area (Å²) in [6, 6.07) is -0.216. The Bertz CT molecular complexity index is 513. The first-order valence-corrected chi connectivity index (χ1v) is 7.50. The summed E-state index contributed by atoms with van der Waals surface area (Å²) in [6.07, 6.45) is 2.37. The molecule has 1 aliphatic rings. The molecule has 0 radical (unpaired) electrons. The van der Waals surface area contributed by atoms with Gasteiger partial charge in [-0.3, -0.25) is 0 Å². The van der Waals surface area contributed by atoms with Gasteiger partial charge >= 0.3 is 12.0 Å². The van der Waals surface area contributed by atoms with Crippen LogP contribution in [0.3, 0.4) is 0 Å². The van der Waals surface area contributed by atoms with Gasteiger partial charge in [-0.05, 0) is 32.6 Å². The predicted octanol–water partition coefficient (Wildman–Crippen LogP) is 2.34. The van der Waals surface area contributed by atoms with Gasteiger partial charge in [-0.2, -0.15) is 0 Å². The van der Waals surface area contributed by atoms with E-state index < -0.39 is 5.97 Å². The normalized spacial score (nSPS) is 17.4. The van der Waals surface area contributed by atoms with Crippen LogP contribution in [0.15, 0.2) is 5.38 Å².